The molecule has 1 saturated heterocycles. The highest BCUT2D eigenvalue weighted by Gasteiger charge is 2.52. The van der Waals surface area contributed by atoms with Crippen LogP contribution in [0.25, 0.3) is 0 Å². The molecule has 0 aromatic heterocycles. The topological polar surface area (TPSA) is 54.0 Å². The summed E-state index contributed by atoms with van der Waals surface area (Å²) in [7, 11) is 3.29. The number of hydrogen-bond donors (Lipinski definition) is 0. The molecule has 0 amide bonds. The number of carbonyl (C=O) groups excluding carboxylic acids is 1. The molecule has 0 saturated carbocycles. The molecular weight excluding hydrogens is 296 g/mol. The third-order valence-electron chi connectivity index (χ3n) is 4.61. The van der Waals surface area contributed by atoms with Gasteiger partial charge in [0.2, 0.25) is 0 Å². The van der Waals surface area contributed by atoms with Crippen LogP contribution in [0.1, 0.15) is 49.9 Å². The van der Waals surface area contributed by atoms with Crippen molar-refractivity contribution in [3.05, 3.63) is 35.4 Å². The Hall–Kier alpha value is -1.27. The van der Waals surface area contributed by atoms with E-state index in [9.17, 15) is 4.79 Å². The maximum Gasteiger partial charge on any atom is 0.185 e. The lowest BCUT2D eigenvalue weighted by Gasteiger charge is -2.38. The average molecular weight is 322 g/mol. The fourth-order valence-corrected chi connectivity index (χ4v) is 2.71. The second-order valence-corrected chi connectivity index (χ2v) is 6.81. The minimum atomic E-state index is -0.629. The van der Waals surface area contributed by atoms with Gasteiger partial charge in [-0.2, -0.15) is 0 Å². The quantitative estimate of drug-likeness (QED) is 0.753. The van der Waals surface area contributed by atoms with E-state index in [1.165, 1.54) is 0 Å². The fraction of sp³-hybridized carbons (Fsp3) is 0.611. The highest BCUT2D eigenvalue weighted by Crippen LogP contribution is 2.42. The van der Waals surface area contributed by atoms with Crippen LogP contribution in [0.5, 0.6) is 0 Å². The fourth-order valence-electron chi connectivity index (χ4n) is 2.71. The highest BCUT2D eigenvalue weighted by atomic mass is 16.7. The first-order valence-electron chi connectivity index (χ1n) is 7.72. The molecule has 0 unspecified atom stereocenters. The molecule has 2 rings (SSSR count). The van der Waals surface area contributed by atoms with Crippen LogP contribution < -0.4 is 0 Å². The van der Waals surface area contributed by atoms with E-state index in [0.717, 1.165) is 6.29 Å². The van der Waals surface area contributed by atoms with Crippen molar-refractivity contribution >= 4 is 6.29 Å². The summed E-state index contributed by atoms with van der Waals surface area (Å²) >= 11 is 0. The van der Waals surface area contributed by atoms with E-state index in [4.69, 9.17) is 18.9 Å². The number of hydrogen-bond acceptors (Lipinski definition) is 5. The van der Waals surface area contributed by atoms with Crippen molar-refractivity contribution in [3.63, 3.8) is 0 Å². The zero-order valence-corrected chi connectivity index (χ0v) is 14.7. The molecule has 2 atom stereocenters. The minimum Gasteiger partial charge on any atom is -0.376 e. The smallest absolute Gasteiger partial charge is 0.185 e. The molecule has 0 aliphatic carbocycles. The Balaban J connectivity index is 2.38. The zero-order chi connectivity index (χ0) is 17.3. The second kappa shape index (κ2) is 6.69. The molecular formula is C18H26O5. The Kier molecular flexibility index (Phi) is 5.26. The summed E-state index contributed by atoms with van der Waals surface area (Å²) in [5.41, 5.74) is 0.146. The minimum absolute atomic E-state index is 0.341. The number of carbonyl (C=O) groups is 1. The summed E-state index contributed by atoms with van der Waals surface area (Å²) in [5, 5.41) is 0. The van der Waals surface area contributed by atoms with Gasteiger partial charge in [-0.3, -0.25) is 4.79 Å². The van der Waals surface area contributed by atoms with E-state index >= 15 is 0 Å². The van der Waals surface area contributed by atoms with E-state index in [-0.39, 0.29) is 12.2 Å². The van der Waals surface area contributed by atoms with Crippen LogP contribution in [0.3, 0.4) is 0 Å². The van der Waals surface area contributed by atoms with Crippen molar-refractivity contribution in [3.8, 4) is 0 Å². The largest absolute Gasteiger partial charge is 0.376 e. The molecule has 1 heterocycles. The summed E-state index contributed by atoms with van der Waals surface area (Å²) in [6.07, 6.45) is -0.498. The van der Waals surface area contributed by atoms with E-state index in [2.05, 4.69) is 0 Å². The monoisotopic (exact) mass is 322 g/mol. The Morgan fingerprint density at radius 2 is 1.43 bits per heavy atom. The van der Waals surface area contributed by atoms with E-state index in [1.54, 1.807) is 20.3 Å². The number of benzene rings is 1. The van der Waals surface area contributed by atoms with Gasteiger partial charge in [0.05, 0.1) is 11.2 Å². The third-order valence-corrected chi connectivity index (χ3v) is 4.61. The third kappa shape index (κ3) is 3.48. The standard InChI is InChI=1S/C18H26O5/c1-17(2,20-5)14-15(18(3,4)21-6)23-16(22-14)13-10-8-7-9-12(13)11-19/h7-11,14-16H,1-6H3/t14-,15-/m1/s1. The lowest BCUT2D eigenvalue weighted by Crippen LogP contribution is -2.53. The van der Waals surface area contributed by atoms with E-state index in [1.807, 2.05) is 45.9 Å². The van der Waals surface area contributed by atoms with Gasteiger partial charge < -0.3 is 18.9 Å². The number of aldehydes is 1. The summed E-state index contributed by atoms with van der Waals surface area (Å²) in [4.78, 5) is 11.3. The number of rotatable bonds is 6. The lowest BCUT2D eigenvalue weighted by molar-refractivity contribution is -0.132. The van der Waals surface area contributed by atoms with Crippen LogP contribution in [-0.4, -0.2) is 43.9 Å². The van der Waals surface area contributed by atoms with Crippen LogP contribution in [-0.2, 0) is 18.9 Å². The first-order chi connectivity index (χ1) is 10.8. The first-order valence-corrected chi connectivity index (χ1v) is 7.72. The van der Waals surface area contributed by atoms with Crippen LogP contribution in [0.2, 0.25) is 0 Å². The normalized spacial score (nSPS) is 23.2. The summed E-state index contributed by atoms with van der Waals surface area (Å²) in [6, 6.07) is 7.27. The van der Waals surface area contributed by atoms with Crippen LogP contribution >= 0.6 is 0 Å². The Labute approximate surface area is 137 Å². The summed E-state index contributed by atoms with van der Waals surface area (Å²) < 4.78 is 23.5. The first kappa shape index (κ1) is 18.1. The van der Waals surface area contributed by atoms with Crippen molar-refractivity contribution in [2.24, 2.45) is 0 Å². The predicted molar refractivity (Wildman–Crippen MR) is 86.5 cm³/mol. The van der Waals surface area contributed by atoms with Crippen LogP contribution in [0.15, 0.2) is 24.3 Å². The molecule has 5 nitrogen and oxygen atoms in total. The van der Waals surface area contributed by atoms with E-state index < -0.39 is 17.5 Å². The van der Waals surface area contributed by atoms with Gasteiger partial charge in [0.1, 0.15) is 12.2 Å². The number of methoxy groups -OCH3 is 2. The summed E-state index contributed by atoms with van der Waals surface area (Å²) in [5.74, 6) is 0. The maximum atomic E-state index is 11.3. The average Bonchev–Trinajstić information content (AvgIpc) is 3.01. The van der Waals surface area contributed by atoms with Gasteiger partial charge in [-0.25, -0.2) is 0 Å². The Morgan fingerprint density at radius 3 is 1.87 bits per heavy atom. The van der Waals surface area contributed by atoms with Gasteiger partial charge in [0.15, 0.2) is 12.6 Å². The van der Waals surface area contributed by atoms with Crippen molar-refractivity contribution in [1.29, 1.82) is 0 Å². The van der Waals surface area contributed by atoms with Crippen molar-refractivity contribution in [1.82, 2.24) is 0 Å². The molecule has 1 aromatic rings. The molecule has 0 bridgehead atoms. The molecule has 23 heavy (non-hydrogen) atoms. The predicted octanol–water partition coefficient (Wildman–Crippen LogP) is 3.13. The Bertz CT molecular complexity index is 528. The molecule has 1 aromatic carbocycles. The molecule has 128 valence electrons. The van der Waals surface area contributed by atoms with Gasteiger partial charge in [-0.05, 0) is 27.7 Å². The van der Waals surface area contributed by atoms with Gasteiger partial charge in [0, 0.05) is 25.3 Å². The molecule has 1 fully saturated rings. The molecule has 0 spiro atoms. The van der Waals surface area contributed by atoms with Gasteiger partial charge >= 0.3 is 0 Å². The molecule has 1 aliphatic heterocycles. The van der Waals surface area contributed by atoms with Crippen molar-refractivity contribution < 1.29 is 23.7 Å². The Morgan fingerprint density at radius 1 is 0.957 bits per heavy atom. The maximum absolute atomic E-state index is 11.3. The van der Waals surface area contributed by atoms with Crippen molar-refractivity contribution in [2.45, 2.75) is 57.4 Å². The SMILES string of the molecule is COC(C)(C)[C@@H]1OC(c2ccccc2C=O)O[C@H]1C(C)(C)OC. The van der Waals surface area contributed by atoms with Crippen molar-refractivity contribution in [2.75, 3.05) is 14.2 Å². The second-order valence-electron chi connectivity index (χ2n) is 6.81. The molecule has 5 heteroatoms. The molecule has 0 N–H and O–H groups in total. The number of ether oxygens (including phenoxy) is 4. The van der Waals surface area contributed by atoms with Gasteiger partial charge in [-0.1, -0.05) is 24.3 Å². The van der Waals surface area contributed by atoms with Crippen LogP contribution in [0.4, 0.5) is 0 Å². The van der Waals surface area contributed by atoms with Gasteiger partial charge in [0.25, 0.3) is 0 Å². The van der Waals surface area contributed by atoms with Crippen LogP contribution in [0, 0.1) is 0 Å². The molecule has 1 aliphatic rings. The lowest BCUT2D eigenvalue weighted by atomic mass is 9.87. The molecule has 0 radical (unpaired) electrons. The zero-order valence-electron chi connectivity index (χ0n) is 14.7. The van der Waals surface area contributed by atoms with Gasteiger partial charge in [-0.15, -0.1) is 0 Å². The highest BCUT2D eigenvalue weighted by molar-refractivity contribution is 5.77. The summed E-state index contributed by atoms with van der Waals surface area (Å²) in [6.45, 7) is 7.81. The van der Waals surface area contributed by atoms with E-state index in [0.29, 0.717) is 11.1 Å².